The van der Waals surface area contributed by atoms with Gasteiger partial charge >= 0.3 is 12.2 Å². The summed E-state index contributed by atoms with van der Waals surface area (Å²) in [4.78, 5) is 53.6. The predicted octanol–water partition coefficient (Wildman–Crippen LogP) is 7.04. The van der Waals surface area contributed by atoms with Crippen molar-refractivity contribution < 1.29 is 33.2 Å². The summed E-state index contributed by atoms with van der Waals surface area (Å²) >= 11 is 12.7. The van der Waals surface area contributed by atoms with Gasteiger partial charge in [-0.05, 0) is 38.0 Å². The summed E-state index contributed by atoms with van der Waals surface area (Å²) < 4.78 is 16.7. The van der Waals surface area contributed by atoms with Crippen molar-refractivity contribution in [3.8, 4) is 11.3 Å². The average molecular weight is 688 g/mol. The van der Waals surface area contributed by atoms with Crippen LogP contribution in [0.2, 0.25) is 10.0 Å². The standard InChI is InChI=1S/C34H40Cl2N4O7/c1-6-7-16-26(30(41)31(42)37-20(2)22-12-9-8-10-13-22)38-32(43)46-27-17-40(19-34(27,4)5)33(44)45-18-23-21(3)47-39-29(23)28-24(35)14-11-15-25(28)36/h8-15,20,26-27H,6-7,16-19H2,1-5H3,(H,37,42)(H,38,43)/t20-,26+,27+/m1/s1. The number of halogens is 2. The van der Waals surface area contributed by atoms with E-state index in [1.807, 2.05) is 51.1 Å². The van der Waals surface area contributed by atoms with Gasteiger partial charge in [-0.25, -0.2) is 9.59 Å². The number of ether oxygens (including phenoxy) is 2. The van der Waals surface area contributed by atoms with Gasteiger partial charge in [-0.3, -0.25) is 9.59 Å². The van der Waals surface area contributed by atoms with E-state index in [2.05, 4.69) is 15.8 Å². The van der Waals surface area contributed by atoms with E-state index in [1.54, 1.807) is 32.0 Å². The zero-order chi connectivity index (χ0) is 34.3. The van der Waals surface area contributed by atoms with E-state index in [9.17, 15) is 19.2 Å². The highest BCUT2D eigenvalue weighted by Gasteiger charge is 2.45. The summed E-state index contributed by atoms with van der Waals surface area (Å²) in [6, 6.07) is 12.9. The summed E-state index contributed by atoms with van der Waals surface area (Å²) in [6.45, 7) is 9.29. The summed E-state index contributed by atoms with van der Waals surface area (Å²) in [7, 11) is 0. The molecule has 1 aliphatic heterocycles. The molecule has 1 saturated heterocycles. The molecule has 11 nitrogen and oxygen atoms in total. The quantitative estimate of drug-likeness (QED) is 0.194. The Morgan fingerprint density at radius 3 is 2.40 bits per heavy atom. The van der Waals surface area contributed by atoms with E-state index in [0.717, 1.165) is 12.0 Å². The van der Waals surface area contributed by atoms with Gasteiger partial charge in [-0.2, -0.15) is 0 Å². The zero-order valence-corrected chi connectivity index (χ0v) is 28.6. The lowest BCUT2D eigenvalue weighted by Gasteiger charge is -2.26. The molecule has 3 amide bonds. The van der Waals surface area contributed by atoms with Gasteiger partial charge in [0.15, 0.2) is 0 Å². The lowest BCUT2D eigenvalue weighted by molar-refractivity contribution is -0.139. The van der Waals surface area contributed by atoms with E-state index >= 15 is 0 Å². The molecule has 2 aromatic carbocycles. The van der Waals surface area contributed by atoms with Crippen LogP contribution in [0.15, 0.2) is 53.1 Å². The Bertz CT molecular complexity index is 1570. The first kappa shape index (κ1) is 35.8. The van der Waals surface area contributed by atoms with E-state index in [-0.39, 0.29) is 26.1 Å². The van der Waals surface area contributed by atoms with Gasteiger partial charge in [-0.15, -0.1) is 0 Å². The summed E-state index contributed by atoms with van der Waals surface area (Å²) in [5, 5.41) is 10.1. The Kier molecular flexibility index (Phi) is 11.9. The van der Waals surface area contributed by atoms with Crippen LogP contribution < -0.4 is 10.6 Å². The molecule has 0 aliphatic carbocycles. The van der Waals surface area contributed by atoms with Crippen molar-refractivity contribution in [1.82, 2.24) is 20.7 Å². The lowest BCUT2D eigenvalue weighted by Crippen LogP contribution is -2.49. The molecule has 0 bridgehead atoms. The molecule has 4 rings (SSSR count). The number of benzene rings is 2. The first-order valence-electron chi connectivity index (χ1n) is 15.5. The zero-order valence-electron chi connectivity index (χ0n) is 27.1. The molecule has 2 heterocycles. The predicted molar refractivity (Wildman–Crippen MR) is 177 cm³/mol. The van der Waals surface area contributed by atoms with Crippen molar-refractivity contribution in [3.05, 3.63) is 75.5 Å². The van der Waals surface area contributed by atoms with Crippen LogP contribution in [0.1, 0.15) is 69.9 Å². The van der Waals surface area contributed by atoms with Gasteiger partial charge in [0.2, 0.25) is 5.78 Å². The monoisotopic (exact) mass is 686 g/mol. The highest BCUT2D eigenvalue weighted by atomic mass is 35.5. The molecule has 0 radical (unpaired) electrons. The van der Waals surface area contributed by atoms with Crippen LogP contribution in [0.5, 0.6) is 0 Å². The van der Waals surface area contributed by atoms with Crippen LogP contribution in [0.25, 0.3) is 11.3 Å². The van der Waals surface area contributed by atoms with Crippen molar-refractivity contribution in [1.29, 1.82) is 0 Å². The number of likely N-dealkylation sites (tertiary alicyclic amines) is 1. The van der Waals surface area contributed by atoms with Crippen molar-refractivity contribution in [3.63, 3.8) is 0 Å². The molecule has 0 saturated carbocycles. The molecule has 1 aromatic heterocycles. The minimum atomic E-state index is -1.07. The van der Waals surface area contributed by atoms with Crippen LogP contribution in [-0.2, 0) is 25.7 Å². The normalized spacial score (nSPS) is 16.7. The van der Waals surface area contributed by atoms with Gasteiger partial charge < -0.3 is 29.5 Å². The highest BCUT2D eigenvalue weighted by Crippen LogP contribution is 2.37. The summed E-state index contributed by atoms with van der Waals surface area (Å²) in [5.41, 5.74) is 1.58. The fraction of sp³-hybridized carbons (Fsp3) is 0.441. The third kappa shape index (κ3) is 8.84. The van der Waals surface area contributed by atoms with E-state index in [4.69, 9.17) is 37.2 Å². The van der Waals surface area contributed by atoms with E-state index < -0.39 is 47.5 Å². The number of Topliss-reactive ketones (excluding diaryl/α,β-unsaturated/α-hetero) is 1. The van der Waals surface area contributed by atoms with Crippen LogP contribution in [0.4, 0.5) is 9.59 Å². The van der Waals surface area contributed by atoms with Crippen molar-refractivity contribution in [2.75, 3.05) is 13.1 Å². The number of rotatable bonds is 12. The molecule has 0 unspecified atom stereocenters. The number of carbonyl (C=O) groups is 4. The van der Waals surface area contributed by atoms with Crippen LogP contribution in [0.3, 0.4) is 0 Å². The number of amides is 3. The van der Waals surface area contributed by atoms with Gasteiger partial charge in [0.05, 0.1) is 28.2 Å². The first-order chi connectivity index (χ1) is 22.3. The molecular formula is C34H40Cl2N4O7. The lowest BCUT2D eigenvalue weighted by atomic mass is 9.90. The van der Waals surface area contributed by atoms with Gasteiger partial charge in [0.25, 0.3) is 5.91 Å². The Labute approximate surface area is 284 Å². The second kappa shape index (κ2) is 15.7. The molecule has 0 spiro atoms. The summed E-state index contributed by atoms with van der Waals surface area (Å²) in [5.74, 6) is -1.10. The largest absolute Gasteiger partial charge is 0.444 e. The molecular weight excluding hydrogens is 647 g/mol. The van der Waals surface area contributed by atoms with Crippen molar-refractivity contribution in [2.24, 2.45) is 5.41 Å². The number of unbranched alkanes of at least 4 members (excludes halogenated alkanes) is 1. The van der Waals surface area contributed by atoms with Crippen LogP contribution in [0, 0.1) is 12.3 Å². The molecule has 13 heteroatoms. The van der Waals surface area contributed by atoms with Crippen molar-refractivity contribution >= 4 is 47.1 Å². The third-order valence-electron chi connectivity index (χ3n) is 8.21. The summed E-state index contributed by atoms with van der Waals surface area (Å²) in [6.07, 6.45) is -0.536. The number of nitrogens with one attached hydrogen (secondary N) is 2. The van der Waals surface area contributed by atoms with Crippen LogP contribution >= 0.6 is 23.2 Å². The minimum Gasteiger partial charge on any atom is -0.444 e. The average Bonchev–Trinajstić information content (AvgIpc) is 3.55. The highest BCUT2D eigenvalue weighted by molar-refractivity contribution is 6.39. The third-order valence-corrected chi connectivity index (χ3v) is 8.84. The number of nitrogens with zero attached hydrogens (tertiary/aromatic N) is 2. The molecule has 252 valence electrons. The fourth-order valence-electron chi connectivity index (χ4n) is 5.38. The first-order valence-corrected chi connectivity index (χ1v) is 16.3. The second-order valence-corrected chi connectivity index (χ2v) is 13.1. The van der Waals surface area contributed by atoms with Crippen molar-refractivity contribution in [2.45, 2.75) is 78.7 Å². The van der Waals surface area contributed by atoms with Gasteiger partial charge in [0.1, 0.15) is 30.2 Å². The maximum atomic E-state index is 13.2. The maximum absolute atomic E-state index is 13.2. The number of aromatic nitrogens is 1. The maximum Gasteiger partial charge on any atom is 0.410 e. The Morgan fingerprint density at radius 1 is 1.06 bits per heavy atom. The Balaban J connectivity index is 1.36. The van der Waals surface area contributed by atoms with E-state index in [1.165, 1.54) is 4.90 Å². The Morgan fingerprint density at radius 2 is 1.74 bits per heavy atom. The number of carbonyl (C=O) groups excluding carboxylic acids is 4. The Hall–Kier alpha value is -4.09. The SMILES string of the molecule is CCCC[C@H](NC(=O)O[C@H]1CN(C(=O)OCc2c(-c3c(Cl)cccc3Cl)noc2C)CC1(C)C)C(=O)C(=O)N[C@H](C)c1ccccc1. The molecule has 3 aromatic rings. The number of alkyl carbamates (subject to hydrolysis) is 1. The molecule has 1 aliphatic rings. The van der Waals surface area contributed by atoms with E-state index in [0.29, 0.717) is 39.0 Å². The number of ketones is 1. The van der Waals surface area contributed by atoms with Gasteiger partial charge in [0, 0.05) is 17.5 Å². The number of hydrogen-bond donors (Lipinski definition) is 2. The second-order valence-electron chi connectivity index (χ2n) is 12.3. The smallest absolute Gasteiger partial charge is 0.410 e. The molecule has 1 fully saturated rings. The molecule has 3 atom stereocenters. The molecule has 47 heavy (non-hydrogen) atoms. The van der Waals surface area contributed by atoms with Crippen LogP contribution in [-0.4, -0.2) is 59.2 Å². The number of hydrogen-bond acceptors (Lipinski definition) is 8. The molecule has 2 N–H and O–H groups in total. The minimum absolute atomic E-state index is 0.0632. The van der Waals surface area contributed by atoms with Gasteiger partial charge in [-0.1, -0.05) is 98.4 Å². The number of aryl methyl sites for hydroxylation is 1. The fourth-order valence-corrected chi connectivity index (χ4v) is 5.96. The topological polar surface area (TPSA) is 140 Å².